The van der Waals surface area contributed by atoms with Crippen LogP contribution in [0.15, 0.2) is 41.8 Å². The van der Waals surface area contributed by atoms with Crippen LogP contribution in [0.25, 0.3) is 0 Å². The number of hydrogen-bond donors (Lipinski definition) is 3. The number of cyclic esters (lactones) is 1. The quantitative estimate of drug-likeness (QED) is 0.333. The average Bonchev–Trinajstić information content (AvgIpc) is 3.85. The van der Waals surface area contributed by atoms with E-state index in [9.17, 15) is 20.1 Å². The van der Waals surface area contributed by atoms with E-state index in [0.717, 1.165) is 4.88 Å². The number of esters is 1. The van der Waals surface area contributed by atoms with Crippen LogP contribution in [0.4, 0.5) is 0 Å². The van der Waals surface area contributed by atoms with Gasteiger partial charge in [-0.05, 0) is 52.4 Å². The molecular weight excluding hydrogens is 624 g/mol. The second-order valence-electron chi connectivity index (χ2n) is 11.8. The van der Waals surface area contributed by atoms with E-state index in [-0.39, 0.29) is 37.3 Å². The molecule has 46 heavy (non-hydrogen) atoms. The molecule has 3 N–H and O–H groups in total. The van der Waals surface area contributed by atoms with Crippen LogP contribution in [0.2, 0.25) is 0 Å². The zero-order valence-corrected chi connectivity index (χ0v) is 25.6. The number of rotatable bonds is 6. The van der Waals surface area contributed by atoms with Gasteiger partial charge in [-0.3, -0.25) is 4.79 Å². The average molecular weight is 657 g/mol. The number of methoxy groups -OCH3 is 2. The first-order valence-electron chi connectivity index (χ1n) is 14.9. The number of phenols is 1. The molecule has 5 heterocycles. The monoisotopic (exact) mass is 656 g/mol. The van der Waals surface area contributed by atoms with E-state index in [2.05, 4.69) is 0 Å². The van der Waals surface area contributed by atoms with Crippen LogP contribution < -0.4 is 18.9 Å². The molecule has 3 saturated heterocycles. The molecule has 1 aliphatic carbocycles. The lowest BCUT2D eigenvalue weighted by molar-refractivity contribution is -0.368. The van der Waals surface area contributed by atoms with Crippen molar-refractivity contribution in [3.63, 3.8) is 0 Å². The van der Waals surface area contributed by atoms with Crippen LogP contribution in [0.3, 0.4) is 0 Å². The highest BCUT2D eigenvalue weighted by atomic mass is 32.1. The minimum Gasteiger partial charge on any atom is -0.502 e. The fourth-order valence-electron chi connectivity index (χ4n) is 7.18. The zero-order chi connectivity index (χ0) is 31.7. The number of thiophene rings is 1. The number of phenolic OH excluding ortho intramolecular Hbond substituents is 1. The van der Waals surface area contributed by atoms with Gasteiger partial charge in [-0.1, -0.05) is 6.07 Å². The highest BCUT2D eigenvalue weighted by molar-refractivity contribution is 7.10. The Morgan fingerprint density at radius 3 is 2.35 bits per heavy atom. The molecule has 0 unspecified atom stereocenters. The lowest BCUT2D eigenvalue weighted by atomic mass is 9.66. The molecule has 2 aromatic carbocycles. The number of aliphatic hydroxyl groups excluding tert-OH is 2. The molecule has 0 bridgehead atoms. The van der Waals surface area contributed by atoms with Crippen LogP contribution in [0.5, 0.6) is 28.7 Å². The van der Waals surface area contributed by atoms with Gasteiger partial charge in [0.15, 0.2) is 35.6 Å². The van der Waals surface area contributed by atoms with E-state index in [1.807, 2.05) is 23.6 Å². The van der Waals surface area contributed by atoms with Crippen LogP contribution in [0.1, 0.15) is 39.9 Å². The summed E-state index contributed by atoms with van der Waals surface area (Å²) in [7, 11) is 2.86. The molecule has 0 amide bonds. The molecule has 10 atom stereocenters. The van der Waals surface area contributed by atoms with E-state index in [1.165, 1.54) is 25.6 Å². The zero-order valence-electron chi connectivity index (χ0n) is 24.8. The Hall–Kier alpha value is -3.63. The van der Waals surface area contributed by atoms with Crippen LogP contribution in [-0.2, 0) is 28.5 Å². The normalized spacial score (nSPS) is 34.3. The van der Waals surface area contributed by atoms with Crippen molar-refractivity contribution in [3.05, 3.63) is 63.3 Å². The number of fused-ring (bicyclic) bond motifs is 4. The maximum Gasteiger partial charge on any atom is 0.310 e. The lowest BCUT2D eigenvalue weighted by Gasteiger charge is -2.48. The number of carbonyl (C=O) groups is 1. The first kappa shape index (κ1) is 29.8. The minimum absolute atomic E-state index is 0.0242. The van der Waals surface area contributed by atoms with Gasteiger partial charge >= 0.3 is 5.97 Å². The Morgan fingerprint density at radius 1 is 0.913 bits per heavy atom. The molecule has 0 spiro atoms. The number of benzene rings is 2. The van der Waals surface area contributed by atoms with Crippen molar-refractivity contribution < 1.29 is 62.7 Å². The third-order valence-corrected chi connectivity index (χ3v) is 10.3. The lowest BCUT2D eigenvalue weighted by Crippen LogP contribution is -2.62. The Bertz CT molecular complexity index is 1600. The molecule has 3 fully saturated rings. The predicted molar refractivity (Wildman–Crippen MR) is 156 cm³/mol. The fourth-order valence-corrected chi connectivity index (χ4v) is 7.89. The summed E-state index contributed by atoms with van der Waals surface area (Å²) in [6.07, 6.45) is -7.16. The van der Waals surface area contributed by atoms with E-state index < -0.39 is 66.8 Å². The van der Waals surface area contributed by atoms with Gasteiger partial charge in [0.1, 0.15) is 24.4 Å². The van der Waals surface area contributed by atoms with Gasteiger partial charge in [-0.15, -0.1) is 11.3 Å². The topological polar surface area (TPSA) is 161 Å². The van der Waals surface area contributed by atoms with E-state index in [0.29, 0.717) is 28.2 Å². The largest absolute Gasteiger partial charge is 0.502 e. The molecule has 14 heteroatoms. The number of aromatic hydroxyl groups is 1. The number of ether oxygens (including phenoxy) is 9. The summed E-state index contributed by atoms with van der Waals surface area (Å²) in [5.74, 6) is -1.08. The Morgan fingerprint density at radius 2 is 1.65 bits per heavy atom. The van der Waals surface area contributed by atoms with Crippen LogP contribution in [0, 0.1) is 11.8 Å². The highest BCUT2D eigenvalue weighted by Gasteiger charge is 2.56. The summed E-state index contributed by atoms with van der Waals surface area (Å²) in [4.78, 5) is 14.3. The SMILES string of the molecule is COc1cc([C@@H]2c3cc4c(cc3[C@@H](O[C@@H]3O[C@@H]5CO[C@@H](c6cccs6)O[C@H]5[C@H](O)[C@H]3O)[C@@H]3COC(=O)[C@H]23)OCO4)cc(OC)c1O. The Kier molecular flexibility index (Phi) is 7.48. The second kappa shape index (κ2) is 11.6. The molecule has 4 aliphatic heterocycles. The molecule has 5 aliphatic rings. The molecule has 13 nitrogen and oxygen atoms in total. The summed E-state index contributed by atoms with van der Waals surface area (Å²) in [5, 5.41) is 35.0. The summed E-state index contributed by atoms with van der Waals surface area (Å²) >= 11 is 1.46. The predicted octanol–water partition coefficient (Wildman–Crippen LogP) is 2.75. The van der Waals surface area contributed by atoms with Crippen molar-refractivity contribution in [2.45, 2.75) is 49.0 Å². The molecule has 3 aromatic rings. The van der Waals surface area contributed by atoms with E-state index in [1.54, 1.807) is 18.2 Å². The number of aliphatic hydroxyl groups is 2. The first-order chi connectivity index (χ1) is 22.4. The van der Waals surface area contributed by atoms with Gasteiger partial charge in [0.25, 0.3) is 0 Å². The molecule has 0 saturated carbocycles. The summed E-state index contributed by atoms with van der Waals surface area (Å²) < 4.78 is 52.6. The molecule has 8 rings (SSSR count). The summed E-state index contributed by atoms with van der Waals surface area (Å²) in [5.41, 5.74) is 2.00. The van der Waals surface area contributed by atoms with Crippen molar-refractivity contribution in [2.24, 2.45) is 11.8 Å². The molecule has 1 aromatic heterocycles. The van der Waals surface area contributed by atoms with Gasteiger partial charge in [0.05, 0.1) is 44.3 Å². The standard InChI is InChI=1S/C32H32O13S/c1-37-19-6-13(7-20(38-2)25(19)33)23-14-8-17-18(42-12-41-17)9-15(14)28(16-10-39-30(36)24(16)23)44-32-27(35)26(34)29-21(43-32)11-40-31(45-29)22-4-3-5-46-22/h3-9,16,21,23-24,26-29,31-35H,10-12H2,1-2H3/t16-,21-,23-,24+,26-,27-,28-,29-,31-,32+/m1/s1. The van der Waals surface area contributed by atoms with Gasteiger partial charge in [0, 0.05) is 11.8 Å². The van der Waals surface area contributed by atoms with Crippen molar-refractivity contribution in [1.82, 2.24) is 0 Å². The molecule has 0 radical (unpaired) electrons. The maximum absolute atomic E-state index is 13.5. The number of hydrogen-bond acceptors (Lipinski definition) is 14. The number of carbonyl (C=O) groups excluding carboxylic acids is 1. The van der Waals surface area contributed by atoms with E-state index in [4.69, 9.17) is 42.6 Å². The fraction of sp³-hybridized carbons (Fsp3) is 0.469. The van der Waals surface area contributed by atoms with E-state index >= 15 is 0 Å². The van der Waals surface area contributed by atoms with Gasteiger partial charge in [-0.25, -0.2) is 0 Å². The smallest absolute Gasteiger partial charge is 0.310 e. The van der Waals surface area contributed by atoms with Crippen LogP contribution in [-0.4, -0.2) is 86.2 Å². The van der Waals surface area contributed by atoms with Crippen molar-refractivity contribution in [3.8, 4) is 28.7 Å². The second-order valence-corrected chi connectivity index (χ2v) is 12.7. The third kappa shape index (κ3) is 4.70. The highest BCUT2D eigenvalue weighted by Crippen LogP contribution is 2.57. The Labute approximate surface area is 267 Å². The summed E-state index contributed by atoms with van der Waals surface area (Å²) in [6, 6.07) is 10.7. The summed E-state index contributed by atoms with van der Waals surface area (Å²) in [6.45, 7) is 0.171. The first-order valence-corrected chi connectivity index (χ1v) is 15.8. The minimum atomic E-state index is -1.47. The van der Waals surface area contributed by atoms with Crippen molar-refractivity contribution in [1.29, 1.82) is 0 Å². The van der Waals surface area contributed by atoms with Gasteiger partial charge < -0.3 is 58.0 Å². The van der Waals surface area contributed by atoms with Crippen molar-refractivity contribution >= 4 is 17.3 Å². The third-order valence-electron chi connectivity index (χ3n) is 9.37. The van der Waals surface area contributed by atoms with Gasteiger partial charge in [0.2, 0.25) is 12.5 Å². The molecule has 244 valence electrons. The van der Waals surface area contributed by atoms with Crippen LogP contribution >= 0.6 is 11.3 Å². The van der Waals surface area contributed by atoms with Crippen molar-refractivity contribution in [2.75, 3.05) is 34.2 Å². The Balaban J connectivity index is 1.16. The maximum atomic E-state index is 13.5. The molecular formula is C32H32O13S. The van der Waals surface area contributed by atoms with Gasteiger partial charge in [-0.2, -0.15) is 0 Å².